The average Bonchev–Trinajstić information content (AvgIpc) is 2.71. The van der Waals surface area contributed by atoms with E-state index < -0.39 is 16.1 Å². The molecule has 0 aliphatic carbocycles. The largest absolute Gasteiger partial charge is 0.276 e. The van der Waals surface area contributed by atoms with Crippen LogP contribution in [0.5, 0.6) is 0 Å². The summed E-state index contributed by atoms with van der Waals surface area (Å²) in [7, 11) is -0.450. The van der Waals surface area contributed by atoms with Crippen molar-refractivity contribution in [1.82, 2.24) is 0 Å². The van der Waals surface area contributed by atoms with Gasteiger partial charge in [-0.15, -0.1) is 12.6 Å². The number of halogens is 1. The van der Waals surface area contributed by atoms with Crippen LogP contribution >= 0.6 is 35.1 Å². The van der Waals surface area contributed by atoms with Crippen molar-refractivity contribution in [3.63, 3.8) is 0 Å². The Morgan fingerprint density at radius 3 is 2.44 bits per heavy atom. The van der Waals surface area contributed by atoms with Gasteiger partial charge in [0.05, 0.1) is 0 Å². The van der Waals surface area contributed by atoms with Crippen LogP contribution in [-0.2, 0) is 19.5 Å². The third-order valence-corrected chi connectivity index (χ3v) is 4.78. The van der Waals surface area contributed by atoms with Crippen LogP contribution in [0.1, 0.15) is 10.4 Å². The molecule has 1 aliphatic heterocycles. The number of rotatable bonds is 2. The Labute approximate surface area is 120 Å². The molecule has 80 valence electrons. The van der Waals surface area contributed by atoms with Crippen LogP contribution in [0.4, 0.5) is 0 Å². The van der Waals surface area contributed by atoms with E-state index in [2.05, 4.69) is 23.4 Å². The van der Waals surface area contributed by atoms with E-state index in [1.807, 2.05) is 24.3 Å². The van der Waals surface area contributed by atoms with Crippen molar-refractivity contribution < 1.29 is 24.3 Å². The van der Waals surface area contributed by atoms with Gasteiger partial charge in [0.2, 0.25) is 0 Å². The smallest absolute Gasteiger partial charge is 0.252 e. The predicted octanol–water partition coefficient (Wildman–Crippen LogP) is 3.75. The summed E-state index contributed by atoms with van der Waals surface area (Å²) < 4.78 is 0. The Morgan fingerprint density at radius 1 is 1.25 bits per heavy atom. The second kappa shape index (κ2) is 6.06. The van der Waals surface area contributed by atoms with Crippen molar-refractivity contribution in [2.24, 2.45) is 0 Å². The zero-order chi connectivity index (χ0) is 10.8. The summed E-state index contributed by atoms with van der Waals surface area (Å²) in [5, 5.41) is 3.81. The van der Waals surface area contributed by atoms with E-state index in [0.717, 1.165) is 9.79 Å². The molecule has 0 saturated heterocycles. The summed E-state index contributed by atoms with van der Waals surface area (Å²) >= 11 is 9.82. The van der Waals surface area contributed by atoms with Gasteiger partial charge in [-0.1, -0.05) is 12.2 Å². The third-order valence-electron chi connectivity index (χ3n) is 2.08. The summed E-state index contributed by atoms with van der Waals surface area (Å²) in [5.74, 6) is 0. The number of benzene rings is 1. The van der Waals surface area contributed by atoms with Gasteiger partial charge in [0.1, 0.15) is 0 Å². The molecule has 0 amide bonds. The summed E-state index contributed by atoms with van der Waals surface area (Å²) in [6.45, 7) is 0. The molecule has 1 aliphatic rings. The normalized spacial score (nSPS) is 15.0. The second-order valence-electron chi connectivity index (χ2n) is 3.07. The fourth-order valence-corrected chi connectivity index (χ4v) is 3.57. The van der Waals surface area contributed by atoms with Gasteiger partial charge in [0.15, 0.2) is 0 Å². The molecule has 0 spiro atoms. The Kier molecular flexibility index (Phi) is 5.32. The van der Waals surface area contributed by atoms with E-state index in [1.54, 1.807) is 6.07 Å². The summed E-state index contributed by atoms with van der Waals surface area (Å²) in [6, 6.07) is 5.33. The molecule has 1 nitrogen and oxygen atoms in total. The molecule has 0 bridgehead atoms. The molecule has 5 heteroatoms. The van der Waals surface area contributed by atoms with E-state index in [0.29, 0.717) is 5.56 Å². The van der Waals surface area contributed by atoms with E-state index in [1.165, 1.54) is 0 Å². The Bertz CT molecular complexity index is 459. The minimum atomic E-state index is -0.450. The zero-order valence-electron chi connectivity index (χ0n) is 8.43. The molecule has 0 unspecified atom stereocenters. The summed E-state index contributed by atoms with van der Waals surface area (Å²) in [6.07, 6.45) is 4.02. The van der Waals surface area contributed by atoms with Crippen molar-refractivity contribution in [3.8, 4) is 0 Å². The molecule has 2 rings (SSSR count). The molecule has 0 N–H and O–H groups in total. The third kappa shape index (κ3) is 3.01. The van der Waals surface area contributed by atoms with Gasteiger partial charge in [0.25, 0.3) is 5.24 Å². The van der Waals surface area contributed by atoms with Crippen molar-refractivity contribution >= 4 is 40.4 Å². The number of thiol groups is 2. The van der Waals surface area contributed by atoms with Gasteiger partial charge in [-0.3, -0.25) is 4.79 Å². The van der Waals surface area contributed by atoms with Gasteiger partial charge < -0.3 is 0 Å². The van der Waals surface area contributed by atoms with Gasteiger partial charge in [0, 0.05) is 34.8 Å². The van der Waals surface area contributed by atoms with Crippen LogP contribution in [0.15, 0.2) is 51.0 Å². The van der Waals surface area contributed by atoms with E-state index in [4.69, 9.17) is 11.6 Å². The minimum absolute atomic E-state index is 0. The topological polar surface area (TPSA) is 17.1 Å². The SMILES string of the molecule is O=C(Cl)c1ccc(S)c([SH]2C=CC=C2)c1.[Zn]. The molecule has 0 fully saturated rings. The standard InChI is InChI=1S/C11H9ClOS2.Zn/c12-11(13)8-3-4-9(14)10(7-8)15-5-1-2-6-15;/h1-7,14-15H;. The molecule has 16 heavy (non-hydrogen) atoms. The fraction of sp³-hybridized carbons (Fsp3) is 0. The van der Waals surface area contributed by atoms with E-state index in [-0.39, 0.29) is 19.5 Å². The van der Waals surface area contributed by atoms with Crippen LogP contribution < -0.4 is 0 Å². The van der Waals surface area contributed by atoms with Crippen LogP contribution in [0.25, 0.3) is 0 Å². The minimum Gasteiger partial charge on any atom is -0.276 e. The van der Waals surface area contributed by atoms with Gasteiger partial charge >= 0.3 is 0 Å². The molecular formula is C11H9ClOS2Zn. The maximum Gasteiger partial charge on any atom is 0.252 e. The summed E-state index contributed by atoms with van der Waals surface area (Å²) in [4.78, 5) is 13.0. The van der Waals surface area contributed by atoms with Crippen molar-refractivity contribution in [2.75, 3.05) is 0 Å². The van der Waals surface area contributed by atoms with Crippen LogP contribution in [0.2, 0.25) is 0 Å². The van der Waals surface area contributed by atoms with Crippen molar-refractivity contribution in [2.45, 2.75) is 9.79 Å². The van der Waals surface area contributed by atoms with Crippen molar-refractivity contribution in [1.29, 1.82) is 0 Å². The molecule has 1 aromatic rings. The molecule has 1 aromatic carbocycles. The van der Waals surface area contributed by atoms with E-state index in [9.17, 15) is 4.79 Å². The number of carbonyl (C=O) groups is 1. The zero-order valence-corrected chi connectivity index (χ0v) is 13.9. The first-order valence-corrected chi connectivity index (χ1v) is 6.65. The molecule has 0 atom stereocenters. The fourth-order valence-electron chi connectivity index (χ4n) is 1.35. The number of allylic oxidation sites excluding steroid dienone is 2. The second-order valence-corrected chi connectivity index (χ2v) is 5.79. The van der Waals surface area contributed by atoms with Crippen LogP contribution in [0.3, 0.4) is 0 Å². The predicted molar refractivity (Wildman–Crippen MR) is 69.4 cm³/mol. The first-order valence-electron chi connectivity index (χ1n) is 4.34. The quantitative estimate of drug-likeness (QED) is 0.482. The molecule has 1 heterocycles. The maximum absolute atomic E-state index is 11.0. The first-order chi connectivity index (χ1) is 7.18. The van der Waals surface area contributed by atoms with E-state index >= 15 is 0 Å². The maximum atomic E-state index is 11.0. The van der Waals surface area contributed by atoms with Crippen LogP contribution in [0, 0.1) is 0 Å². The van der Waals surface area contributed by atoms with Crippen molar-refractivity contribution in [3.05, 3.63) is 46.7 Å². The Hall–Kier alpha value is -0.0166. The summed E-state index contributed by atoms with van der Waals surface area (Å²) in [5.41, 5.74) is 0.528. The number of hydrogen-bond acceptors (Lipinski definition) is 2. The monoisotopic (exact) mass is 320 g/mol. The molecule has 0 radical (unpaired) electrons. The van der Waals surface area contributed by atoms with Crippen LogP contribution in [-0.4, -0.2) is 5.24 Å². The molecule has 0 aromatic heterocycles. The van der Waals surface area contributed by atoms with Gasteiger partial charge in [-0.25, -0.2) is 0 Å². The number of carbonyl (C=O) groups excluding carboxylic acids is 1. The Morgan fingerprint density at radius 2 is 1.88 bits per heavy atom. The Balaban J connectivity index is 0.00000128. The first kappa shape index (κ1) is 14.0. The molecular weight excluding hydrogens is 313 g/mol. The average molecular weight is 322 g/mol. The van der Waals surface area contributed by atoms with Gasteiger partial charge in [-0.05, 0) is 40.6 Å². The van der Waals surface area contributed by atoms with Gasteiger partial charge in [-0.2, -0.15) is 10.9 Å². The number of hydrogen-bond donors (Lipinski definition) is 2. The molecule has 0 saturated carbocycles.